The summed E-state index contributed by atoms with van der Waals surface area (Å²) in [4.78, 5) is 18.3. The first kappa shape index (κ1) is 30.5. The van der Waals surface area contributed by atoms with Crippen LogP contribution in [0.25, 0.3) is 0 Å². The third-order valence-electron chi connectivity index (χ3n) is 3.82. The van der Waals surface area contributed by atoms with Gasteiger partial charge in [-0.25, -0.2) is 0 Å². The van der Waals surface area contributed by atoms with Crippen LogP contribution in [0.5, 0.6) is 5.75 Å². The fraction of sp³-hybridized carbons (Fsp3) is 0.182. The fourth-order valence-corrected chi connectivity index (χ4v) is 5.14. The molecule has 0 amide bonds. The summed E-state index contributed by atoms with van der Waals surface area (Å²) in [6, 6.07) is 26.1. The maximum absolute atomic E-state index is 12.2. The summed E-state index contributed by atoms with van der Waals surface area (Å²) in [5.41, 5.74) is 0. The van der Waals surface area contributed by atoms with E-state index in [0.29, 0.717) is 16.4 Å². The lowest BCUT2D eigenvalue weighted by molar-refractivity contribution is -0.114. The highest BCUT2D eigenvalue weighted by Crippen LogP contribution is 2.49. The second kappa shape index (κ2) is 12.9. The summed E-state index contributed by atoms with van der Waals surface area (Å²) in [5, 5.41) is 9.57. The van der Waals surface area contributed by atoms with Gasteiger partial charge in [0.1, 0.15) is 18.1 Å². The molecule has 0 atom stereocenters. The highest BCUT2D eigenvalue weighted by Gasteiger charge is 2.45. The van der Waals surface area contributed by atoms with E-state index in [-0.39, 0.29) is 0 Å². The van der Waals surface area contributed by atoms with Crippen LogP contribution in [0.1, 0.15) is 0 Å². The predicted molar refractivity (Wildman–Crippen MR) is 122 cm³/mol. The maximum Gasteiger partial charge on any atom is 0.397 e. The van der Waals surface area contributed by atoms with Crippen LogP contribution in [0.3, 0.4) is 0 Å². The maximum atomic E-state index is 12.2. The van der Waals surface area contributed by atoms with Crippen LogP contribution in [0.2, 0.25) is 0 Å². The van der Waals surface area contributed by atoms with Crippen LogP contribution in [0, 0.1) is 0 Å². The number of hydrogen-bond acceptors (Lipinski definition) is 3. The van der Waals surface area contributed by atoms with Crippen LogP contribution >= 0.6 is 14.7 Å². The van der Waals surface area contributed by atoms with Crippen molar-refractivity contribution in [3.8, 4) is 5.75 Å². The first-order valence-electron chi connectivity index (χ1n) is 9.64. The van der Waals surface area contributed by atoms with E-state index in [1.54, 1.807) is 72.8 Å². The Bertz CT molecular complexity index is 1040. The highest BCUT2D eigenvalue weighted by molar-refractivity contribution is 7.73. The molecule has 0 heterocycles. The number of alkyl halides is 6. The van der Waals surface area contributed by atoms with E-state index in [2.05, 4.69) is 0 Å². The SMILES string of the molecule is O=P(O)(CC(F)(F)F)CC(F)(F)F.O=P(O)(c1ccccc1)c1ccccc1.Oc1ccccc1. The Labute approximate surface area is 197 Å². The van der Waals surface area contributed by atoms with E-state index in [9.17, 15) is 40.4 Å². The first-order chi connectivity index (χ1) is 16.0. The number of aromatic hydroxyl groups is 1. The minimum absolute atomic E-state index is 0.322. The third-order valence-corrected chi connectivity index (χ3v) is 7.52. The summed E-state index contributed by atoms with van der Waals surface area (Å²) < 4.78 is 91.1. The Morgan fingerprint density at radius 3 is 1.09 bits per heavy atom. The number of hydrogen-bond donors (Lipinski definition) is 3. The standard InChI is InChI=1S/C12H11O2P.C6H6O.C4H5F6O2P/c13-15(14,11-7-3-1-4-8-11)12-9-5-2-6-10-12;7-6-4-2-1-3-5-6;5-3(6,7)1-13(11,12)2-4(8,9)10/h1-10H,(H,13,14);1-5,7H;1-2H2,(H,11,12). The van der Waals surface area contributed by atoms with Gasteiger partial charge in [-0.05, 0) is 36.4 Å². The van der Waals surface area contributed by atoms with Gasteiger partial charge in [0.2, 0.25) is 7.37 Å². The molecule has 3 N–H and O–H groups in total. The number of phenols is 1. The van der Waals surface area contributed by atoms with Crippen molar-refractivity contribution < 1.29 is 50.4 Å². The number of para-hydroxylation sites is 1. The molecular formula is C22H22F6O5P2. The molecule has 0 aromatic heterocycles. The Morgan fingerprint density at radius 1 is 0.571 bits per heavy atom. The zero-order valence-corrected chi connectivity index (χ0v) is 19.7. The zero-order chi connectivity index (χ0) is 26.8. The number of halogens is 6. The molecule has 13 heteroatoms. The molecule has 3 aromatic rings. The van der Waals surface area contributed by atoms with Crippen molar-refractivity contribution in [2.24, 2.45) is 0 Å². The molecule has 0 unspecified atom stereocenters. The molecule has 35 heavy (non-hydrogen) atoms. The largest absolute Gasteiger partial charge is 0.508 e. The summed E-state index contributed by atoms with van der Waals surface area (Å²) in [5.74, 6) is 0.322. The van der Waals surface area contributed by atoms with Gasteiger partial charge in [0.25, 0.3) is 7.37 Å². The molecule has 0 saturated heterocycles. The smallest absolute Gasteiger partial charge is 0.397 e. The van der Waals surface area contributed by atoms with Gasteiger partial charge in [-0.3, -0.25) is 9.13 Å². The topological polar surface area (TPSA) is 94.8 Å². The van der Waals surface area contributed by atoms with Gasteiger partial charge < -0.3 is 14.9 Å². The molecule has 5 nitrogen and oxygen atoms in total. The lowest BCUT2D eigenvalue weighted by Crippen LogP contribution is -2.21. The first-order valence-corrected chi connectivity index (χ1v) is 13.3. The van der Waals surface area contributed by atoms with E-state index in [1.165, 1.54) is 0 Å². The van der Waals surface area contributed by atoms with Gasteiger partial charge in [0.05, 0.1) is 0 Å². The molecule has 0 saturated carbocycles. The van der Waals surface area contributed by atoms with Gasteiger partial charge in [0.15, 0.2) is 0 Å². The molecule has 192 valence electrons. The van der Waals surface area contributed by atoms with E-state index >= 15 is 0 Å². The van der Waals surface area contributed by atoms with Crippen molar-refractivity contribution >= 4 is 25.3 Å². The Balaban J connectivity index is 0.000000279. The monoisotopic (exact) mass is 542 g/mol. The number of phenolic OH excluding ortho intramolecular Hbond substituents is 1. The van der Waals surface area contributed by atoms with E-state index in [4.69, 9.17) is 10.00 Å². The molecule has 0 aliphatic rings. The van der Waals surface area contributed by atoms with Gasteiger partial charge in [0, 0.05) is 10.6 Å². The van der Waals surface area contributed by atoms with Crippen molar-refractivity contribution in [2.75, 3.05) is 12.3 Å². The Kier molecular flexibility index (Phi) is 11.2. The second-order valence-electron chi connectivity index (χ2n) is 6.98. The summed E-state index contributed by atoms with van der Waals surface area (Å²) in [6.07, 6.45) is -14.7. The molecule has 3 rings (SSSR count). The molecule has 0 aliphatic heterocycles. The van der Waals surface area contributed by atoms with Crippen LogP contribution in [-0.4, -0.2) is 39.6 Å². The van der Waals surface area contributed by atoms with Crippen LogP contribution in [0.15, 0.2) is 91.0 Å². The predicted octanol–water partition coefficient (Wildman–Crippen LogP) is 5.68. The molecule has 3 aromatic carbocycles. The Morgan fingerprint density at radius 2 is 0.857 bits per heavy atom. The third kappa shape index (κ3) is 13.2. The summed E-state index contributed by atoms with van der Waals surface area (Å²) >= 11 is 0. The van der Waals surface area contributed by atoms with Gasteiger partial charge in [-0.2, -0.15) is 26.3 Å². The van der Waals surface area contributed by atoms with Crippen molar-refractivity contribution in [3.05, 3.63) is 91.0 Å². The van der Waals surface area contributed by atoms with E-state index in [1.807, 2.05) is 18.2 Å². The van der Waals surface area contributed by atoms with E-state index in [0.717, 1.165) is 0 Å². The van der Waals surface area contributed by atoms with Gasteiger partial charge in [-0.15, -0.1) is 0 Å². The van der Waals surface area contributed by atoms with Crippen LogP contribution in [0.4, 0.5) is 26.3 Å². The minimum Gasteiger partial charge on any atom is -0.508 e. The fourth-order valence-electron chi connectivity index (χ4n) is 2.45. The molecule has 0 radical (unpaired) electrons. The average Bonchev–Trinajstić information content (AvgIpc) is 2.73. The lowest BCUT2D eigenvalue weighted by atomic mass is 10.3. The molecular weight excluding hydrogens is 520 g/mol. The average molecular weight is 542 g/mol. The lowest BCUT2D eigenvalue weighted by Gasteiger charge is -2.15. The Hall–Kier alpha value is -2.58. The van der Waals surface area contributed by atoms with Crippen LogP contribution in [-0.2, 0) is 9.13 Å². The van der Waals surface area contributed by atoms with Crippen molar-refractivity contribution in [1.29, 1.82) is 0 Å². The van der Waals surface area contributed by atoms with Crippen LogP contribution < -0.4 is 10.6 Å². The van der Waals surface area contributed by atoms with E-state index < -0.39 is 39.4 Å². The van der Waals surface area contributed by atoms with Crippen molar-refractivity contribution in [3.63, 3.8) is 0 Å². The van der Waals surface area contributed by atoms with Gasteiger partial charge >= 0.3 is 12.4 Å². The quantitative estimate of drug-likeness (QED) is 0.291. The normalized spacial score (nSPS) is 12.0. The number of benzene rings is 3. The minimum atomic E-state index is -5.19. The van der Waals surface area contributed by atoms with Crippen molar-refractivity contribution in [1.82, 2.24) is 0 Å². The second-order valence-corrected chi connectivity index (χ2v) is 11.5. The molecule has 0 bridgehead atoms. The molecule has 0 aliphatic carbocycles. The molecule has 0 spiro atoms. The van der Waals surface area contributed by atoms with Crippen molar-refractivity contribution in [2.45, 2.75) is 12.4 Å². The number of rotatable bonds is 4. The highest BCUT2D eigenvalue weighted by atomic mass is 31.2. The summed E-state index contributed by atoms with van der Waals surface area (Å²) in [6.45, 7) is 0. The molecule has 0 fully saturated rings. The van der Waals surface area contributed by atoms with Gasteiger partial charge in [-0.1, -0.05) is 54.6 Å². The zero-order valence-electron chi connectivity index (χ0n) is 17.9. The summed E-state index contributed by atoms with van der Waals surface area (Å²) in [7, 11) is -8.58.